The fourth-order valence-corrected chi connectivity index (χ4v) is 10.3. The summed E-state index contributed by atoms with van der Waals surface area (Å²) in [5.74, 6) is 2.86. The van der Waals surface area contributed by atoms with E-state index in [0.29, 0.717) is 11.5 Å². The van der Waals surface area contributed by atoms with Crippen LogP contribution in [0.4, 0.5) is 17.1 Å². The van der Waals surface area contributed by atoms with Crippen molar-refractivity contribution in [1.82, 2.24) is 4.57 Å². The minimum absolute atomic E-state index is 0.120. The second-order valence-corrected chi connectivity index (χ2v) is 17.3. The van der Waals surface area contributed by atoms with Crippen LogP contribution in [0, 0.1) is 0 Å². The van der Waals surface area contributed by atoms with Crippen molar-refractivity contribution in [2.24, 2.45) is 0 Å². The van der Waals surface area contributed by atoms with Crippen molar-refractivity contribution in [2.75, 3.05) is 4.90 Å². The van der Waals surface area contributed by atoms with Gasteiger partial charge in [-0.15, -0.1) is 0 Å². The minimum atomic E-state index is -0.120. The van der Waals surface area contributed by atoms with E-state index < -0.39 is 0 Å². The van der Waals surface area contributed by atoms with Crippen LogP contribution in [0.3, 0.4) is 0 Å². The van der Waals surface area contributed by atoms with E-state index in [2.05, 4.69) is 199 Å². The Labute approximate surface area is 365 Å². The Balaban J connectivity index is 0.944. The van der Waals surface area contributed by atoms with E-state index in [1.807, 2.05) is 30.3 Å². The molecule has 1 aliphatic heterocycles. The molecule has 0 radical (unpaired) electrons. The quantitative estimate of drug-likeness (QED) is 0.162. The Bertz CT molecular complexity index is 3660. The molecule has 298 valence electrons. The van der Waals surface area contributed by atoms with Crippen LogP contribution in [-0.4, -0.2) is 4.57 Å². The van der Waals surface area contributed by atoms with Gasteiger partial charge in [-0.05, 0) is 140 Å². The summed E-state index contributed by atoms with van der Waals surface area (Å²) in [4.78, 5) is 2.41. The molecule has 0 N–H and O–H groups in total. The summed E-state index contributed by atoms with van der Waals surface area (Å²) in [6.45, 7) is 4.70. The van der Waals surface area contributed by atoms with Crippen LogP contribution in [0.1, 0.15) is 25.0 Å². The molecule has 0 amide bonds. The van der Waals surface area contributed by atoms with Crippen LogP contribution in [0.25, 0.3) is 71.3 Å². The third-order valence-corrected chi connectivity index (χ3v) is 13.4. The second kappa shape index (κ2) is 13.5. The van der Waals surface area contributed by atoms with Crippen LogP contribution in [0.15, 0.2) is 206 Å². The topological polar surface area (TPSA) is 26.6 Å². The molecular weight excluding hydrogens is 769 g/mol. The highest BCUT2D eigenvalue weighted by atomic mass is 16.6. The highest BCUT2D eigenvalue weighted by Crippen LogP contribution is 2.53. The maximum Gasteiger partial charge on any atom is 0.194 e. The SMILES string of the molecule is CC1(C)c2ccccc2-c2ccc(N(c3ccc(-c4ccc5c(c4)c4ccc6c(c4n5-c4ccccc4)Oc4ccccc4O6)cc3)c3ccc4c(ccc5ccccc54)c3)cc21. The molecule has 0 spiro atoms. The third-order valence-electron chi connectivity index (χ3n) is 13.4. The van der Waals surface area contributed by atoms with E-state index in [-0.39, 0.29) is 5.41 Å². The van der Waals surface area contributed by atoms with Gasteiger partial charge < -0.3 is 18.9 Å². The third kappa shape index (κ3) is 5.41. The summed E-state index contributed by atoms with van der Waals surface area (Å²) >= 11 is 0. The van der Waals surface area contributed by atoms with Gasteiger partial charge in [0.15, 0.2) is 23.0 Å². The Morgan fingerprint density at radius 2 is 1.06 bits per heavy atom. The summed E-state index contributed by atoms with van der Waals surface area (Å²) in [7, 11) is 0. The fraction of sp³-hybridized carbons (Fsp3) is 0.0508. The van der Waals surface area contributed by atoms with Crippen molar-refractivity contribution in [2.45, 2.75) is 19.3 Å². The monoisotopic (exact) mass is 808 g/mol. The molecule has 0 unspecified atom stereocenters. The number of anilines is 3. The molecule has 13 rings (SSSR count). The van der Waals surface area contributed by atoms with E-state index in [4.69, 9.17) is 9.47 Å². The molecule has 63 heavy (non-hydrogen) atoms. The van der Waals surface area contributed by atoms with E-state index in [1.165, 1.54) is 43.8 Å². The number of ether oxygens (including phenoxy) is 2. The molecule has 1 aromatic heterocycles. The van der Waals surface area contributed by atoms with E-state index in [0.717, 1.165) is 67.2 Å². The van der Waals surface area contributed by atoms with Crippen LogP contribution in [-0.2, 0) is 5.41 Å². The van der Waals surface area contributed by atoms with Gasteiger partial charge in [0.05, 0.1) is 5.52 Å². The van der Waals surface area contributed by atoms with Gasteiger partial charge >= 0.3 is 0 Å². The summed E-state index contributed by atoms with van der Waals surface area (Å²) in [5.41, 5.74) is 14.0. The van der Waals surface area contributed by atoms with Crippen LogP contribution < -0.4 is 14.4 Å². The molecule has 0 saturated heterocycles. The average molecular weight is 809 g/mol. The largest absolute Gasteiger partial charge is 0.449 e. The van der Waals surface area contributed by atoms with Crippen molar-refractivity contribution in [3.63, 3.8) is 0 Å². The number of rotatable bonds is 5. The van der Waals surface area contributed by atoms with E-state index in [9.17, 15) is 0 Å². The standard InChI is InChI=1S/C59H40N2O2/c1-59(2)51-17-9-8-16-47(51)48-30-28-44(36-52(48)59)60(43-27-29-46-40(34-43)21-20-38-12-6-7-15-45(38)46)42-25-22-37(23-26-42)39-24-32-53-50(35-39)49-31-33-56-58(63-55-19-11-10-18-54(55)62-56)57(49)61(53)41-13-4-3-5-14-41/h3-36H,1-2H3. The molecule has 0 saturated carbocycles. The fourth-order valence-electron chi connectivity index (χ4n) is 10.3. The number of fused-ring (bicyclic) bond motifs is 12. The zero-order valence-corrected chi connectivity index (χ0v) is 34.8. The Kier molecular flexibility index (Phi) is 7.62. The lowest BCUT2D eigenvalue weighted by Gasteiger charge is -2.28. The first kappa shape index (κ1) is 35.7. The maximum atomic E-state index is 6.65. The first-order chi connectivity index (χ1) is 31.0. The molecule has 0 bridgehead atoms. The summed E-state index contributed by atoms with van der Waals surface area (Å²) in [6.07, 6.45) is 0. The molecule has 4 nitrogen and oxygen atoms in total. The lowest BCUT2D eigenvalue weighted by molar-refractivity contribution is 0.362. The predicted molar refractivity (Wildman–Crippen MR) is 260 cm³/mol. The lowest BCUT2D eigenvalue weighted by Crippen LogP contribution is -2.16. The molecule has 4 heteroatoms. The molecule has 2 heterocycles. The Morgan fingerprint density at radius 3 is 1.94 bits per heavy atom. The van der Waals surface area contributed by atoms with E-state index >= 15 is 0 Å². The first-order valence-corrected chi connectivity index (χ1v) is 21.7. The average Bonchev–Trinajstić information content (AvgIpc) is 3.79. The zero-order chi connectivity index (χ0) is 41.8. The summed E-state index contributed by atoms with van der Waals surface area (Å²) in [6, 6.07) is 74.3. The Morgan fingerprint density at radius 1 is 0.413 bits per heavy atom. The van der Waals surface area contributed by atoms with Gasteiger partial charge in [-0.25, -0.2) is 0 Å². The first-order valence-electron chi connectivity index (χ1n) is 21.7. The number of para-hydroxylation sites is 3. The number of hydrogen-bond donors (Lipinski definition) is 0. The number of nitrogens with zero attached hydrogens (tertiary/aromatic N) is 2. The smallest absolute Gasteiger partial charge is 0.194 e. The minimum Gasteiger partial charge on any atom is -0.449 e. The van der Waals surface area contributed by atoms with Gasteiger partial charge in [0.25, 0.3) is 0 Å². The van der Waals surface area contributed by atoms with Crippen molar-refractivity contribution in [3.05, 3.63) is 217 Å². The predicted octanol–water partition coefficient (Wildman–Crippen LogP) is 16.4. The van der Waals surface area contributed by atoms with Crippen molar-refractivity contribution < 1.29 is 9.47 Å². The van der Waals surface area contributed by atoms with Gasteiger partial charge in [-0.3, -0.25) is 0 Å². The van der Waals surface area contributed by atoms with Gasteiger partial charge in [0.1, 0.15) is 5.52 Å². The maximum absolute atomic E-state index is 6.65. The van der Waals surface area contributed by atoms with Gasteiger partial charge in [0.2, 0.25) is 0 Å². The van der Waals surface area contributed by atoms with Crippen molar-refractivity contribution in [3.8, 4) is 50.9 Å². The summed E-state index contributed by atoms with van der Waals surface area (Å²) < 4.78 is 15.4. The van der Waals surface area contributed by atoms with Gasteiger partial charge in [-0.1, -0.05) is 135 Å². The van der Waals surface area contributed by atoms with Gasteiger partial charge in [-0.2, -0.15) is 0 Å². The molecule has 0 fully saturated rings. The van der Waals surface area contributed by atoms with E-state index in [1.54, 1.807) is 0 Å². The van der Waals surface area contributed by atoms with Crippen LogP contribution in [0.2, 0.25) is 0 Å². The summed E-state index contributed by atoms with van der Waals surface area (Å²) in [5, 5.41) is 7.24. The normalized spacial score (nSPS) is 13.3. The zero-order valence-electron chi connectivity index (χ0n) is 34.8. The molecule has 10 aromatic carbocycles. The Hall–Kier alpha value is -8.08. The molecule has 0 atom stereocenters. The molecule has 1 aliphatic carbocycles. The lowest BCUT2D eigenvalue weighted by atomic mass is 9.82. The van der Waals surface area contributed by atoms with Crippen LogP contribution in [0.5, 0.6) is 23.0 Å². The van der Waals surface area contributed by atoms with Crippen LogP contribution >= 0.6 is 0 Å². The highest BCUT2D eigenvalue weighted by Gasteiger charge is 2.36. The molecule has 11 aromatic rings. The van der Waals surface area contributed by atoms with Crippen molar-refractivity contribution in [1.29, 1.82) is 0 Å². The van der Waals surface area contributed by atoms with Gasteiger partial charge in [0, 0.05) is 38.9 Å². The molecule has 2 aliphatic rings. The number of hydrogen-bond acceptors (Lipinski definition) is 3. The van der Waals surface area contributed by atoms with Crippen molar-refractivity contribution >= 4 is 60.4 Å². The number of benzene rings is 10. The molecular formula is C59H40N2O2. The highest BCUT2D eigenvalue weighted by molar-refractivity contribution is 6.13. The number of aromatic nitrogens is 1. The second-order valence-electron chi connectivity index (χ2n) is 17.3.